The van der Waals surface area contributed by atoms with Crippen LogP contribution >= 0.6 is 0 Å². The summed E-state index contributed by atoms with van der Waals surface area (Å²) < 4.78 is 22.0. The van der Waals surface area contributed by atoms with E-state index in [0.717, 1.165) is 16.5 Å². The summed E-state index contributed by atoms with van der Waals surface area (Å²) in [4.78, 5) is 33.4. The van der Waals surface area contributed by atoms with Gasteiger partial charge in [0.05, 0.1) is 35.5 Å². The van der Waals surface area contributed by atoms with Gasteiger partial charge in [-0.2, -0.15) is 0 Å². The molecule has 0 radical (unpaired) electrons. The van der Waals surface area contributed by atoms with Crippen LogP contribution in [0.3, 0.4) is 0 Å². The summed E-state index contributed by atoms with van der Waals surface area (Å²) in [6.45, 7) is 1.65. The predicted molar refractivity (Wildman–Crippen MR) is 128 cm³/mol. The van der Waals surface area contributed by atoms with Crippen LogP contribution in [0.25, 0.3) is 38.8 Å². The highest BCUT2D eigenvalue weighted by atomic mass is 19.1. The van der Waals surface area contributed by atoms with E-state index in [1.807, 2.05) is 24.3 Å². The van der Waals surface area contributed by atoms with Gasteiger partial charge >= 0.3 is 11.8 Å². The summed E-state index contributed by atoms with van der Waals surface area (Å²) in [6, 6.07) is 13.9. The Hall–Kier alpha value is -4.53. The summed E-state index contributed by atoms with van der Waals surface area (Å²) >= 11 is 0. The number of methoxy groups -OCH3 is 1. The maximum absolute atomic E-state index is 14.4. The second-order valence-electron chi connectivity index (χ2n) is 7.83. The normalized spacial score (nSPS) is 11.2. The molecule has 0 unspecified atom stereocenters. The van der Waals surface area contributed by atoms with Crippen molar-refractivity contribution in [3.05, 3.63) is 82.8 Å². The first-order valence-electron chi connectivity index (χ1n) is 10.5. The smallest absolute Gasteiger partial charge is 0.412 e. The topological polar surface area (TPSA) is 91.0 Å². The summed E-state index contributed by atoms with van der Waals surface area (Å²) in [5, 5.41) is 3.26. The fourth-order valence-corrected chi connectivity index (χ4v) is 4.03. The van der Waals surface area contributed by atoms with Gasteiger partial charge in [0.15, 0.2) is 0 Å². The second-order valence-corrected chi connectivity index (χ2v) is 7.83. The Kier molecular flexibility index (Phi) is 5.09. The van der Waals surface area contributed by atoms with Gasteiger partial charge in [-0.05, 0) is 48.9 Å². The van der Waals surface area contributed by atoms with Crippen molar-refractivity contribution in [2.45, 2.75) is 6.92 Å². The van der Waals surface area contributed by atoms with Crippen LogP contribution in [0.15, 0.2) is 65.7 Å². The van der Waals surface area contributed by atoms with E-state index in [2.05, 4.69) is 20.0 Å². The molecule has 34 heavy (non-hydrogen) atoms. The molecule has 1 N–H and O–H groups in total. The van der Waals surface area contributed by atoms with E-state index in [0.29, 0.717) is 33.6 Å². The molecule has 0 saturated carbocycles. The fraction of sp³-hybridized carbons (Fsp3) is 0.120. The van der Waals surface area contributed by atoms with Gasteiger partial charge in [0.2, 0.25) is 0 Å². The highest BCUT2D eigenvalue weighted by Gasteiger charge is 2.19. The lowest BCUT2D eigenvalue weighted by Gasteiger charge is -2.10. The number of anilines is 1. The number of imidazole rings is 1. The van der Waals surface area contributed by atoms with E-state index in [1.54, 1.807) is 44.6 Å². The van der Waals surface area contributed by atoms with E-state index in [-0.39, 0.29) is 11.5 Å². The van der Waals surface area contributed by atoms with Gasteiger partial charge in [-0.25, -0.2) is 19.0 Å². The van der Waals surface area contributed by atoms with Crippen LogP contribution in [0, 0.1) is 12.7 Å². The highest BCUT2D eigenvalue weighted by Crippen LogP contribution is 2.30. The molecule has 0 aliphatic heterocycles. The first-order chi connectivity index (χ1) is 16.4. The molecular weight excluding hydrogens is 437 g/mol. The third-order valence-corrected chi connectivity index (χ3v) is 5.88. The molecule has 2 aromatic carbocycles. The van der Waals surface area contributed by atoms with Gasteiger partial charge in [-0.3, -0.25) is 19.4 Å². The number of benzene rings is 2. The second kappa shape index (κ2) is 8.11. The number of halogens is 1. The van der Waals surface area contributed by atoms with Crippen molar-refractivity contribution in [2.75, 3.05) is 12.4 Å². The van der Waals surface area contributed by atoms with Crippen LogP contribution in [-0.4, -0.2) is 32.3 Å². The Morgan fingerprint density at radius 2 is 1.85 bits per heavy atom. The number of rotatable bonds is 3. The Labute approximate surface area is 193 Å². The van der Waals surface area contributed by atoms with Crippen LogP contribution in [0.2, 0.25) is 0 Å². The van der Waals surface area contributed by atoms with Gasteiger partial charge in [-0.15, -0.1) is 0 Å². The molecule has 0 atom stereocenters. The van der Waals surface area contributed by atoms with Crippen molar-refractivity contribution >= 4 is 33.8 Å². The summed E-state index contributed by atoms with van der Waals surface area (Å²) in [7, 11) is 2.95. The zero-order valence-electron chi connectivity index (χ0n) is 18.7. The lowest BCUT2D eigenvalue weighted by Crippen LogP contribution is -2.21. The number of aryl methyl sites for hydroxylation is 1. The standard InChI is InChI=1S/C25H20FN5O3/c1-14-18(26)5-4-6-20(14)31-23-17-11-15(16-8-10-22(28-12-16)29-24(32)34-3)7-9-19(17)27-13-21(23)30(2)25(31)33/h4-13H,1-3H3,(H,28,29,32). The van der Waals surface area contributed by atoms with Crippen LogP contribution in [0.4, 0.5) is 15.0 Å². The van der Waals surface area contributed by atoms with Gasteiger partial charge in [0, 0.05) is 29.8 Å². The zero-order valence-corrected chi connectivity index (χ0v) is 18.7. The molecule has 8 nitrogen and oxygen atoms in total. The first kappa shape index (κ1) is 21.3. The van der Waals surface area contributed by atoms with E-state index in [1.165, 1.54) is 22.3 Å². The average Bonchev–Trinajstić information content (AvgIpc) is 3.11. The molecule has 0 spiro atoms. The third kappa shape index (κ3) is 3.38. The Morgan fingerprint density at radius 1 is 1.06 bits per heavy atom. The van der Waals surface area contributed by atoms with E-state index in [9.17, 15) is 14.0 Å². The fourth-order valence-electron chi connectivity index (χ4n) is 4.03. The minimum absolute atomic E-state index is 0.289. The lowest BCUT2D eigenvalue weighted by molar-refractivity contribution is 0.187. The van der Waals surface area contributed by atoms with Gasteiger partial charge in [0.25, 0.3) is 0 Å². The van der Waals surface area contributed by atoms with Crippen molar-refractivity contribution in [3.63, 3.8) is 0 Å². The molecule has 0 fully saturated rings. The van der Waals surface area contributed by atoms with Crippen molar-refractivity contribution in [1.82, 2.24) is 19.1 Å². The number of amides is 1. The number of aromatic nitrogens is 4. The lowest BCUT2D eigenvalue weighted by atomic mass is 10.0. The summed E-state index contributed by atoms with van der Waals surface area (Å²) in [5.74, 6) is -0.0221. The van der Waals surface area contributed by atoms with Gasteiger partial charge < -0.3 is 4.74 Å². The quantitative estimate of drug-likeness (QED) is 0.429. The van der Waals surface area contributed by atoms with Crippen LogP contribution in [-0.2, 0) is 11.8 Å². The van der Waals surface area contributed by atoms with Gasteiger partial charge in [-0.1, -0.05) is 12.1 Å². The number of ether oxygens (including phenoxy) is 1. The molecule has 0 saturated heterocycles. The Morgan fingerprint density at radius 3 is 2.59 bits per heavy atom. The molecule has 3 aromatic heterocycles. The number of pyridine rings is 2. The number of fused-ring (bicyclic) bond motifs is 3. The van der Waals surface area contributed by atoms with E-state index in [4.69, 9.17) is 0 Å². The monoisotopic (exact) mass is 457 g/mol. The molecule has 1 amide bonds. The molecule has 9 heteroatoms. The first-order valence-corrected chi connectivity index (χ1v) is 10.5. The molecule has 0 aliphatic carbocycles. The minimum atomic E-state index is -0.603. The largest absolute Gasteiger partial charge is 0.453 e. The molecule has 3 heterocycles. The average molecular weight is 457 g/mol. The number of nitrogens with zero attached hydrogens (tertiary/aromatic N) is 4. The zero-order chi connectivity index (χ0) is 24.0. The predicted octanol–water partition coefficient (Wildman–Crippen LogP) is 4.57. The minimum Gasteiger partial charge on any atom is -0.453 e. The molecular formula is C25H20FN5O3. The van der Waals surface area contributed by atoms with E-state index < -0.39 is 6.09 Å². The molecule has 0 bridgehead atoms. The van der Waals surface area contributed by atoms with Crippen LogP contribution in [0.1, 0.15) is 5.56 Å². The van der Waals surface area contributed by atoms with Crippen LogP contribution in [0.5, 0.6) is 0 Å². The summed E-state index contributed by atoms with van der Waals surface area (Å²) in [6.07, 6.45) is 2.68. The molecule has 0 aliphatic rings. The number of nitrogens with one attached hydrogen (secondary N) is 1. The van der Waals surface area contributed by atoms with E-state index >= 15 is 0 Å². The number of hydrogen-bond acceptors (Lipinski definition) is 5. The maximum atomic E-state index is 14.4. The van der Waals surface area contributed by atoms with Crippen molar-refractivity contribution < 1.29 is 13.9 Å². The molecule has 170 valence electrons. The van der Waals surface area contributed by atoms with Crippen molar-refractivity contribution in [2.24, 2.45) is 7.05 Å². The van der Waals surface area contributed by atoms with Gasteiger partial charge in [0.1, 0.15) is 11.6 Å². The third-order valence-electron chi connectivity index (χ3n) is 5.88. The van der Waals surface area contributed by atoms with Crippen LogP contribution < -0.4 is 11.0 Å². The Balaban J connectivity index is 1.73. The highest BCUT2D eigenvalue weighted by molar-refractivity contribution is 6.04. The van der Waals surface area contributed by atoms with Crippen molar-refractivity contribution in [3.8, 4) is 16.8 Å². The summed E-state index contributed by atoms with van der Waals surface area (Å²) in [5.41, 5.74) is 4.20. The maximum Gasteiger partial charge on any atom is 0.412 e. The Bertz CT molecular complexity index is 1640. The molecule has 5 aromatic rings. The number of carbonyl (C=O) groups is 1. The molecule has 5 rings (SSSR count). The SMILES string of the molecule is COC(=O)Nc1ccc(-c2ccc3ncc4c(c3c2)n(-c2cccc(F)c2C)c(=O)n4C)cn1. The van der Waals surface area contributed by atoms with Crippen molar-refractivity contribution in [1.29, 1.82) is 0 Å². The number of carbonyl (C=O) groups excluding carboxylic acids is 1. The number of hydrogen-bond donors (Lipinski definition) is 1.